The predicted molar refractivity (Wildman–Crippen MR) is 132 cm³/mol. The summed E-state index contributed by atoms with van der Waals surface area (Å²) in [5, 5.41) is 4.74. The summed E-state index contributed by atoms with van der Waals surface area (Å²) >= 11 is 0. The summed E-state index contributed by atoms with van der Waals surface area (Å²) in [4.78, 5) is 26.9. The van der Waals surface area contributed by atoms with Gasteiger partial charge in [-0.15, -0.1) is 0 Å². The molecule has 3 aromatic rings. The van der Waals surface area contributed by atoms with Gasteiger partial charge in [-0.3, -0.25) is 4.68 Å². The van der Waals surface area contributed by atoms with E-state index < -0.39 is 11.6 Å². The smallest absolute Gasteiger partial charge is 0.410 e. The Bertz CT molecular complexity index is 1170. The number of esters is 1. The molecule has 1 amide bonds. The van der Waals surface area contributed by atoms with Gasteiger partial charge >= 0.3 is 12.1 Å². The van der Waals surface area contributed by atoms with Crippen LogP contribution in [0.2, 0.25) is 0 Å². The second-order valence-corrected chi connectivity index (χ2v) is 9.40. The molecule has 0 bridgehead atoms. The molecule has 4 rings (SSSR count). The van der Waals surface area contributed by atoms with Crippen LogP contribution in [0.3, 0.4) is 0 Å². The molecule has 1 unspecified atom stereocenters. The zero-order valence-electron chi connectivity index (χ0n) is 20.6. The lowest BCUT2D eigenvalue weighted by molar-refractivity contribution is 0.0287. The highest BCUT2D eigenvalue weighted by atomic mass is 16.6. The van der Waals surface area contributed by atoms with Gasteiger partial charge in [-0.2, -0.15) is 5.10 Å². The van der Waals surface area contributed by atoms with Crippen LogP contribution < -0.4 is 4.74 Å². The summed E-state index contributed by atoms with van der Waals surface area (Å²) in [5.74, 6) is 0.994. The Morgan fingerprint density at radius 3 is 2.37 bits per heavy atom. The molecule has 8 nitrogen and oxygen atoms in total. The van der Waals surface area contributed by atoms with Crippen LogP contribution in [0.1, 0.15) is 50.5 Å². The van der Waals surface area contributed by atoms with E-state index in [1.165, 1.54) is 0 Å². The van der Waals surface area contributed by atoms with Crippen LogP contribution in [0.25, 0.3) is 11.3 Å². The molecule has 0 radical (unpaired) electrons. The number of rotatable bonds is 6. The summed E-state index contributed by atoms with van der Waals surface area (Å²) in [5.41, 5.74) is 1.14. The van der Waals surface area contributed by atoms with E-state index in [1.54, 1.807) is 22.7 Å². The summed E-state index contributed by atoms with van der Waals surface area (Å²) in [6.45, 7) is 8.60. The van der Waals surface area contributed by atoms with Crippen molar-refractivity contribution in [3.8, 4) is 22.8 Å². The molecule has 2 aromatic carbocycles. The molecule has 184 valence electrons. The second-order valence-electron chi connectivity index (χ2n) is 9.40. The van der Waals surface area contributed by atoms with Crippen molar-refractivity contribution < 1.29 is 23.8 Å². The van der Waals surface area contributed by atoms with Crippen molar-refractivity contribution in [2.75, 3.05) is 19.7 Å². The fourth-order valence-corrected chi connectivity index (χ4v) is 3.91. The first-order valence-electron chi connectivity index (χ1n) is 11.8. The van der Waals surface area contributed by atoms with Crippen molar-refractivity contribution in [2.24, 2.45) is 0 Å². The number of nitrogens with zero attached hydrogens (tertiary/aromatic N) is 3. The van der Waals surface area contributed by atoms with Crippen molar-refractivity contribution >= 4 is 12.1 Å². The molecule has 1 aliphatic rings. The van der Waals surface area contributed by atoms with Gasteiger partial charge in [-0.1, -0.05) is 18.2 Å². The van der Waals surface area contributed by atoms with E-state index in [1.807, 2.05) is 75.4 Å². The highest BCUT2D eigenvalue weighted by molar-refractivity contribution is 5.96. The fraction of sp³-hybridized carbons (Fsp3) is 0.370. The Hall–Kier alpha value is -3.81. The minimum atomic E-state index is -0.554. The highest BCUT2D eigenvalue weighted by Gasteiger charge is 2.32. The molecule has 0 N–H and O–H groups in total. The standard InChI is InChI=1S/C27H31N3O5/c1-5-33-25(31)23-18-30(20-15-16-29(17-20)26(32)35-27(2,3)4)28-24(23)19-11-13-22(14-12-19)34-21-9-7-6-8-10-21/h6-14,18,20H,5,15-17H2,1-4H3. The zero-order chi connectivity index (χ0) is 25.0. The van der Waals surface area contributed by atoms with Crippen LogP contribution in [0.4, 0.5) is 4.79 Å². The van der Waals surface area contributed by atoms with Crippen molar-refractivity contribution in [1.82, 2.24) is 14.7 Å². The molecule has 1 atom stereocenters. The summed E-state index contributed by atoms with van der Waals surface area (Å²) in [6, 6.07) is 16.9. The van der Waals surface area contributed by atoms with E-state index in [0.717, 1.165) is 11.3 Å². The molecule has 1 saturated heterocycles. The number of hydrogen-bond acceptors (Lipinski definition) is 6. The Labute approximate surface area is 205 Å². The number of para-hydroxylation sites is 1. The minimum Gasteiger partial charge on any atom is -0.462 e. The lowest BCUT2D eigenvalue weighted by atomic mass is 10.1. The van der Waals surface area contributed by atoms with E-state index >= 15 is 0 Å². The molecule has 1 aromatic heterocycles. The molecule has 35 heavy (non-hydrogen) atoms. The highest BCUT2D eigenvalue weighted by Crippen LogP contribution is 2.30. The molecule has 8 heteroatoms. The Balaban J connectivity index is 1.55. The molecule has 0 aliphatic carbocycles. The number of carbonyl (C=O) groups excluding carboxylic acids is 2. The molecule has 1 aliphatic heterocycles. The number of ether oxygens (including phenoxy) is 3. The monoisotopic (exact) mass is 477 g/mol. The number of hydrogen-bond donors (Lipinski definition) is 0. The number of aromatic nitrogens is 2. The van der Waals surface area contributed by atoms with Gasteiger partial charge in [-0.25, -0.2) is 9.59 Å². The van der Waals surface area contributed by atoms with E-state index in [4.69, 9.17) is 19.3 Å². The number of likely N-dealkylation sites (tertiary alicyclic amines) is 1. The average molecular weight is 478 g/mol. The molecular weight excluding hydrogens is 446 g/mol. The van der Waals surface area contributed by atoms with Gasteiger partial charge in [0.25, 0.3) is 0 Å². The lowest BCUT2D eigenvalue weighted by Gasteiger charge is -2.24. The van der Waals surface area contributed by atoms with Crippen molar-refractivity contribution in [1.29, 1.82) is 0 Å². The Morgan fingerprint density at radius 1 is 1.03 bits per heavy atom. The van der Waals surface area contributed by atoms with Crippen LogP contribution in [0.5, 0.6) is 11.5 Å². The first-order chi connectivity index (χ1) is 16.7. The Morgan fingerprint density at radius 2 is 1.71 bits per heavy atom. The first kappa shape index (κ1) is 24.3. The molecule has 0 spiro atoms. The number of carbonyl (C=O) groups is 2. The van der Waals surface area contributed by atoms with Crippen LogP contribution in [0, 0.1) is 0 Å². The lowest BCUT2D eigenvalue weighted by Crippen LogP contribution is -2.35. The van der Waals surface area contributed by atoms with Gasteiger partial charge in [0.2, 0.25) is 0 Å². The van der Waals surface area contributed by atoms with Crippen molar-refractivity contribution in [2.45, 2.75) is 45.8 Å². The minimum absolute atomic E-state index is 0.0647. The summed E-state index contributed by atoms with van der Waals surface area (Å²) in [6.07, 6.45) is 2.09. The van der Waals surface area contributed by atoms with Crippen LogP contribution in [-0.4, -0.2) is 52.0 Å². The molecule has 2 heterocycles. The normalized spacial score (nSPS) is 15.7. The van der Waals surface area contributed by atoms with Crippen molar-refractivity contribution in [3.05, 3.63) is 66.4 Å². The van der Waals surface area contributed by atoms with E-state index in [2.05, 4.69) is 0 Å². The fourth-order valence-electron chi connectivity index (χ4n) is 3.91. The predicted octanol–water partition coefficient (Wildman–Crippen LogP) is 5.70. The van der Waals surface area contributed by atoms with Gasteiger partial charge in [0.05, 0.1) is 12.6 Å². The van der Waals surface area contributed by atoms with Crippen LogP contribution in [0.15, 0.2) is 60.8 Å². The van der Waals surface area contributed by atoms with E-state index in [0.29, 0.717) is 36.5 Å². The van der Waals surface area contributed by atoms with Gasteiger partial charge in [-0.05, 0) is 70.5 Å². The average Bonchev–Trinajstić information content (AvgIpc) is 3.47. The van der Waals surface area contributed by atoms with Crippen molar-refractivity contribution in [3.63, 3.8) is 0 Å². The first-order valence-corrected chi connectivity index (χ1v) is 11.8. The summed E-state index contributed by atoms with van der Waals surface area (Å²) < 4.78 is 18.4. The van der Waals surface area contributed by atoms with Gasteiger partial charge in [0.15, 0.2) is 0 Å². The van der Waals surface area contributed by atoms with E-state index in [9.17, 15) is 9.59 Å². The topological polar surface area (TPSA) is 82.9 Å². The quantitative estimate of drug-likeness (QED) is 0.424. The summed E-state index contributed by atoms with van der Waals surface area (Å²) in [7, 11) is 0. The molecule has 1 fully saturated rings. The van der Waals surface area contributed by atoms with Gasteiger partial charge < -0.3 is 19.1 Å². The molecule has 0 saturated carbocycles. The second kappa shape index (κ2) is 10.2. The van der Waals surface area contributed by atoms with Gasteiger partial charge in [0.1, 0.15) is 28.4 Å². The molecular formula is C27H31N3O5. The number of amides is 1. The Kier molecular flexibility index (Phi) is 7.10. The van der Waals surface area contributed by atoms with Crippen LogP contribution >= 0.6 is 0 Å². The van der Waals surface area contributed by atoms with Gasteiger partial charge in [0, 0.05) is 24.8 Å². The third-order valence-electron chi connectivity index (χ3n) is 5.52. The maximum Gasteiger partial charge on any atom is 0.410 e. The maximum absolute atomic E-state index is 12.7. The van der Waals surface area contributed by atoms with E-state index in [-0.39, 0.29) is 18.7 Å². The number of benzene rings is 2. The zero-order valence-corrected chi connectivity index (χ0v) is 20.6. The SMILES string of the molecule is CCOC(=O)c1cn(C2CCN(C(=O)OC(C)(C)C)C2)nc1-c1ccc(Oc2ccccc2)cc1. The third-order valence-corrected chi connectivity index (χ3v) is 5.52. The maximum atomic E-state index is 12.7. The van der Waals surface area contributed by atoms with Crippen LogP contribution in [-0.2, 0) is 9.47 Å². The largest absolute Gasteiger partial charge is 0.462 e. The third kappa shape index (κ3) is 6.01.